The third kappa shape index (κ3) is 2.03. The van der Waals surface area contributed by atoms with Crippen LogP contribution >= 0.6 is 11.8 Å². The van der Waals surface area contributed by atoms with E-state index in [9.17, 15) is 0 Å². The van der Waals surface area contributed by atoms with Gasteiger partial charge in [0.1, 0.15) is 0 Å². The van der Waals surface area contributed by atoms with Crippen molar-refractivity contribution in [2.75, 3.05) is 0 Å². The molecule has 4 rings (SSSR count). The minimum atomic E-state index is -0.754. The fourth-order valence-corrected chi connectivity index (χ4v) is 4.49. The van der Waals surface area contributed by atoms with Gasteiger partial charge in [0.2, 0.25) is 5.79 Å². The summed E-state index contributed by atoms with van der Waals surface area (Å²) in [4.78, 5) is 2.44. The highest BCUT2D eigenvalue weighted by molar-refractivity contribution is 7.99. The Morgan fingerprint density at radius 1 is 0.857 bits per heavy atom. The minimum absolute atomic E-state index is 0.179. The van der Waals surface area contributed by atoms with Gasteiger partial charge in [-0.3, -0.25) is 0 Å². The van der Waals surface area contributed by atoms with Crippen LogP contribution in [0.3, 0.4) is 0 Å². The molecule has 0 radical (unpaired) electrons. The first-order valence-electron chi connectivity index (χ1n) is 7.41. The van der Waals surface area contributed by atoms with Crippen molar-refractivity contribution in [3.05, 3.63) is 59.7 Å². The SMILES string of the molecule is CC1CC(C)OC2(O1)c1ccccc1Sc1ccccc12. The molecule has 2 aliphatic heterocycles. The van der Waals surface area contributed by atoms with Crippen LogP contribution in [-0.4, -0.2) is 12.2 Å². The Morgan fingerprint density at radius 2 is 1.33 bits per heavy atom. The van der Waals surface area contributed by atoms with Crippen LogP contribution in [0.5, 0.6) is 0 Å². The van der Waals surface area contributed by atoms with E-state index in [4.69, 9.17) is 9.47 Å². The second-order valence-corrected chi connectivity index (χ2v) is 6.89. The third-order valence-electron chi connectivity index (χ3n) is 4.10. The molecule has 0 amide bonds. The van der Waals surface area contributed by atoms with E-state index in [1.165, 1.54) is 9.79 Å². The summed E-state index contributed by atoms with van der Waals surface area (Å²) in [6.07, 6.45) is 1.29. The van der Waals surface area contributed by atoms with Crippen molar-refractivity contribution in [2.24, 2.45) is 0 Å². The molecular formula is C18H18O2S. The molecule has 2 atom stereocenters. The summed E-state index contributed by atoms with van der Waals surface area (Å²) in [7, 11) is 0. The van der Waals surface area contributed by atoms with E-state index in [0.29, 0.717) is 0 Å². The number of hydrogen-bond acceptors (Lipinski definition) is 3. The van der Waals surface area contributed by atoms with Crippen LogP contribution < -0.4 is 0 Å². The lowest BCUT2D eigenvalue weighted by molar-refractivity contribution is -0.300. The summed E-state index contributed by atoms with van der Waals surface area (Å²) in [6.45, 7) is 4.27. The van der Waals surface area contributed by atoms with Gasteiger partial charge in [-0.05, 0) is 32.4 Å². The van der Waals surface area contributed by atoms with Crippen LogP contribution in [0.25, 0.3) is 0 Å². The van der Waals surface area contributed by atoms with Gasteiger partial charge in [-0.15, -0.1) is 0 Å². The lowest BCUT2D eigenvalue weighted by Crippen LogP contribution is -2.47. The van der Waals surface area contributed by atoms with Gasteiger partial charge in [-0.25, -0.2) is 0 Å². The predicted octanol–water partition coefficient (Wildman–Crippen LogP) is 4.57. The number of benzene rings is 2. The van der Waals surface area contributed by atoms with Gasteiger partial charge >= 0.3 is 0 Å². The molecule has 0 saturated carbocycles. The maximum absolute atomic E-state index is 6.40. The van der Waals surface area contributed by atoms with E-state index in [1.807, 2.05) is 0 Å². The Labute approximate surface area is 129 Å². The van der Waals surface area contributed by atoms with Crippen molar-refractivity contribution in [1.82, 2.24) is 0 Å². The van der Waals surface area contributed by atoms with Crippen molar-refractivity contribution in [2.45, 2.75) is 48.1 Å². The number of hydrogen-bond donors (Lipinski definition) is 0. The lowest BCUT2D eigenvalue weighted by Gasteiger charge is -2.46. The highest BCUT2D eigenvalue weighted by Crippen LogP contribution is 2.52. The van der Waals surface area contributed by atoms with Crippen LogP contribution in [0.1, 0.15) is 31.4 Å². The smallest absolute Gasteiger partial charge is 0.225 e. The first-order chi connectivity index (χ1) is 10.2. The van der Waals surface area contributed by atoms with Gasteiger partial charge in [0, 0.05) is 20.9 Å². The van der Waals surface area contributed by atoms with Crippen LogP contribution in [0, 0.1) is 0 Å². The van der Waals surface area contributed by atoms with Crippen molar-refractivity contribution < 1.29 is 9.47 Å². The molecule has 2 aromatic carbocycles. The van der Waals surface area contributed by atoms with Gasteiger partial charge in [-0.1, -0.05) is 48.2 Å². The molecule has 3 heteroatoms. The Balaban J connectivity index is 1.97. The fraction of sp³-hybridized carbons (Fsp3) is 0.333. The molecule has 108 valence electrons. The molecule has 0 aromatic heterocycles. The zero-order chi connectivity index (χ0) is 14.4. The number of fused-ring (bicyclic) bond motifs is 4. The first kappa shape index (κ1) is 13.4. The third-order valence-corrected chi connectivity index (χ3v) is 5.25. The normalized spacial score (nSPS) is 26.2. The quantitative estimate of drug-likeness (QED) is 0.710. The molecule has 1 saturated heterocycles. The van der Waals surface area contributed by atoms with Gasteiger partial charge in [0.05, 0.1) is 12.2 Å². The molecule has 0 N–H and O–H groups in total. The van der Waals surface area contributed by atoms with Gasteiger partial charge in [-0.2, -0.15) is 0 Å². The second-order valence-electron chi connectivity index (χ2n) is 5.80. The Morgan fingerprint density at radius 3 is 1.86 bits per heavy atom. The molecular weight excluding hydrogens is 280 g/mol. The average Bonchev–Trinajstić information content (AvgIpc) is 2.47. The van der Waals surface area contributed by atoms with Crippen LogP contribution in [0.2, 0.25) is 0 Å². The molecule has 21 heavy (non-hydrogen) atoms. The lowest BCUT2D eigenvalue weighted by atomic mass is 9.94. The molecule has 1 fully saturated rings. The minimum Gasteiger partial charge on any atom is -0.339 e. The zero-order valence-corrected chi connectivity index (χ0v) is 13.0. The zero-order valence-electron chi connectivity index (χ0n) is 12.2. The summed E-state index contributed by atoms with van der Waals surface area (Å²) >= 11 is 1.79. The van der Waals surface area contributed by atoms with Crippen LogP contribution in [0.15, 0.2) is 58.3 Å². The van der Waals surface area contributed by atoms with Crippen molar-refractivity contribution >= 4 is 11.8 Å². The molecule has 0 aliphatic carbocycles. The number of ether oxygens (including phenoxy) is 2. The summed E-state index contributed by atoms with van der Waals surface area (Å²) < 4.78 is 12.8. The van der Waals surface area contributed by atoms with Crippen LogP contribution in [0.4, 0.5) is 0 Å². The molecule has 2 unspecified atom stereocenters. The standard InChI is InChI=1S/C18H18O2S/c1-12-11-13(2)20-18(19-12)14-7-3-5-9-16(14)21-17-10-6-4-8-15(17)18/h3-10,12-13H,11H2,1-2H3. The van der Waals surface area contributed by atoms with E-state index in [2.05, 4.69) is 62.4 Å². The van der Waals surface area contributed by atoms with E-state index in [-0.39, 0.29) is 12.2 Å². The van der Waals surface area contributed by atoms with Gasteiger partial charge in [0.15, 0.2) is 0 Å². The Bertz CT molecular complexity index is 625. The highest BCUT2D eigenvalue weighted by atomic mass is 32.2. The van der Waals surface area contributed by atoms with E-state index >= 15 is 0 Å². The van der Waals surface area contributed by atoms with Crippen molar-refractivity contribution in [3.63, 3.8) is 0 Å². The summed E-state index contributed by atoms with van der Waals surface area (Å²) in [5, 5.41) is 0. The highest BCUT2D eigenvalue weighted by Gasteiger charge is 2.48. The molecule has 2 aliphatic rings. The molecule has 0 bridgehead atoms. The fourth-order valence-electron chi connectivity index (χ4n) is 3.33. The number of rotatable bonds is 0. The average molecular weight is 298 g/mol. The summed E-state index contributed by atoms with van der Waals surface area (Å²) in [5.74, 6) is -0.754. The van der Waals surface area contributed by atoms with E-state index in [0.717, 1.165) is 17.5 Å². The Kier molecular flexibility index (Phi) is 3.10. The van der Waals surface area contributed by atoms with E-state index < -0.39 is 5.79 Å². The molecule has 1 spiro atoms. The second kappa shape index (κ2) is 4.87. The molecule has 2 nitrogen and oxygen atoms in total. The molecule has 2 aromatic rings. The van der Waals surface area contributed by atoms with Crippen molar-refractivity contribution in [1.29, 1.82) is 0 Å². The van der Waals surface area contributed by atoms with Gasteiger partial charge < -0.3 is 9.47 Å². The van der Waals surface area contributed by atoms with E-state index in [1.54, 1.807) is 11.8 Å². The topological polar surface area (TPSA) is 18.5 Å². The maximum atomic E-state index is 6.40. The van der Waals surface area contributed by atoms with Crippen LogP contribution in [-0.2, 0) is 15.3 Å². The largest absolute Gasteiger partial charge is 0.339 e. The Hall–Kier alpha value is -1.29. The molecule has 2 heterocycles. The van der Waals surface area contributed by atoms with Gasteiger partial charge in [0.25, 0.3) is 0 Å². The monoisotopic (exact) mass is 298 g/mol. The summed E-state index contributed by atoms with van der Waals surface area (Å²) in [5.41, 5.74) is 2.26. The van der Waals surface area contributed by atoms with Crippen molar-refractivity contribution in [3.8, 4) is 0 Å². The maximum Gasteiger partial charge on any atom is 0.225 e. The predicted molar refractivity (Wildman–Crippen MR) is 83.5 cm³/mol. The summed E-state index contributed by atoms with van der Waals surface area (Å²) in [6, 6.07) is 16.8. The first-order valence-corrected chi connectivity index (χ1v) is 8.23.